The van der Waals surface area contributed by atoms with Crippen molar-refractivity contribution in [3.05, 3.63) is 35.4 Å². The van der Waals surface area contributed by atoms with Crippen molar-refractivity contribution in [3.63, 3.8) is 0 Å². The average Bonchev–Trinajstić information content (AvgIpc) is 2.60. The highest BCUT2D eigenvalue weighted by Gasteiger charge is 2.32. The van der Waals surface area contributed by atoms with Crippen LogP contribution >= 0.6 is 0 Å². The average molecular weight is 345 g/mol. The minimum atomic E-state index is -0.552. The van der Waals surface area contributed by atoms with Crippen LogP contribution in [0, 0.1) is 11.3 Å². The molecular formula is C20H31N3O2. The summed E-state index contributed by atoms with van der Waals surface area (Å²) < 4.78 is 0. The van der Waals surface area contributed by atoms with Crippen molar-refractivity contribution in [2.24, 2.45) is 17.1 Å². The van der Waals surface area contributed by atoms with E-state index < -0.39 is 6.03 Å². The van der Waals surface area contributed by atoms with E-state index in [-0.39, 0.29) is 11.9 Å². The zero-order valence-corrected chi connectivity index (χ0v) is 15.6. The van der Waals surface area contributed by atoms with Gasteiger partial charge in [0.25, 0.3) is 5.91 Å². The van der Waals surface area contributed by atoms with Gasteiger partial charge in [-0.05, 0) is 54.7 Å². The van der Waals surface area contributed by atoms with Crippen LogP contribution in [-0.4, -0.2) is 18.0 Å². The summed E-state index contributed by atoms with van der Waals surface area (Å²) >= 11 is 0. The smallest absolute Gasteiger partial charge is 0.312 e. The second-order valence-electron chi connectivity index (χ2n) is 7.78. The van der Waals surface area contributed by atoms with Gasteiger partial charge in [0.1, 0.15) is 0 Å². The molecule has 4 N–H and O–H groups in total. The molecule has 0 aromatic heterocycles. The number of rotatable bonds is 6. The molecule has 5 heteroatoms. The van der Waals surface area contributed by atoms with E-state index in [0.717, 1.165) is 24.3 Å². The summed E-state index contributed by atoms with van der Waals surface area (Å²) in [4.78, 5) is 23.1. The van der Waals surface area contributed by atoms with Crippen molar-refractivity contribution in [2.45, 2.75) is 65.5 Å². The lowest BCUT2D eigenvalue weighted by molar-refractivity contribution is 0.0893. The summed E-state index contributed by atoms with van der Waals surface area (Å²) in [6, 6.07) is 6.98. The summed E-state index contributed by atoms with van der Waals surface area (Å²) in [7, 11) is 0. The zero-order valence-electron chi connectivity index (χ0n) is 15.6. The van der Waals surface area contributed by atoms with Gasteiger partial charge in [0.05, 0.1) is 0 Å². The third-order valence-electron chi connectivity index (χ3n) is 5.76. The molecule has 1 aliphatic rings. The molecule has 0 aliphatic heterocycles. The molecule has 0 saturated heterocycles. The molecule has 1 aliphatic carbocycles. The van der Waals surface area contributed by atoms with Crippen LogP contribution in [0.4, 0.5) is 4.79 Å². The second-order valence-corrected chi connectivity index (χ2v) is 7.78. The number of primary amides is 1. The maximum absolute atomic E-state index is 12.4. The van der Waals surface area contributed by atoms with Gasteiger partial charge >= 0.3 is 6.03 Å². The van der Waals surface area contributed by atoms with Crippen LogP contribution in [0.2, 0.25) is 0 Å². The first-order valence-electron chi connectivity index (χ1n) is 9.25. The molecule has 0 atom stereocenters. The Labute approximate surface area is 150 Å². The standard InChI is InChI=1S/C20H31N3O2/c1-4-20(2,3)16-9-11-17(12-10-16)23-18(24)15-7-5-14(6-8-15)13-22-19(21)25/h5-8,16-17H,4,9-13H2,1-3H3,(H,23,24)(H3,21,22,25). The molecule has 1 fully saturated rings. The maximum Gasteiger partial charge on any atom is 0.312 e. The second kappa shape index (κ2) is 8.37. The fourth-order valence-corrected chi connectivity index (χ4v) is 3.54. The van der Waals surface area contributed by atoms with Crippen molar-refractivity contribution < 1.29 is 9.59 Å². The number of hydrogen-bond acceptors (Lipinski definition) is 2. The van der Waals surface area contributed by atoms with Crippen molar-refractivity contribution in [1.29, 1.82) is 0 Å². The van der Waals surface area contributed by atoms with E-state index in [9.17, 15) is 9.59 Å². The van der Waals surface area contributed by atoms with Crippen molar-refractivity contribution in [3.8, 4) is 0 Å². The Balaban J connectivity index is 1.83. The van der Waals surface area contributed by atoms with E-state index in [0.29, 0.717) is 17.5 Å². The minimum Gasteiger partial charge on any atom is -0.352 e. The van der Waals surface area contributed by atoms with E-state index in [1.165, 1.54) is 19.3 Å². The third-order valence-corrected chi connectivity index (χ3v) is 5.76. The lowest BCUT2D eigenvalue weighted by atomic mass is 9.69. The molecule has 0 spiro atoms. The third kappa shape index (κ3) is 5.48. The molecule has 0 radical (unpaired) electrons. The molecule has 3 amide bonds. The van der Waals surface area contributed by atoms with Gasteiger partial charge in [-0.2, -0.15) is 0 Å². The number of amides is 3. The quantitative estimate of drug-likeness (QED) is 0.736. The largest absolute Gasteiger partial charge is 0.352 e. The fraction of sp³-hybridized carbons (Fsp3) is 0.600. The van der Waals surface area contributed by atoms with Crippen LogP contribution in [0.15, 0.2) is 24.3 Å². The Bertz CT molecular complexity index is 587. The van der Waals surface area contributed by atoms with Gasteiger partial charge in [0.2, 0.25) is 0 Å². The summed E-state index contributed by atoms with van der Waals surface area (Å²) in [5, 5.41) is 5.70. The van der Waals surface area contributed by atoms with Gasteiger partial charge in [0.15, 0.2) is 0 Å². The Kier molecular flexibility index (Phi) is 6.45. The predicted octanol–water partition coefficient (Wildman–Crippen LogP) is 3.58. The molecule has 0 unspecified atom stereocenters. The Morgan fingerprint density at radius 2 is 1.72 bits per heavy atom. The van der Waals surface area contributed by atoms with Crippen molar-refractivity contribution in [2.75, 3.05) is 0 Å². The van der Waals surface area contributed by atoms with E-state index in [1.807, 2.05) is 12.1 Å². The summed E-state index contributed by atoms with van der Waals surface area (Å²) in [5.41, 5.74) is 7.01. The Morgan fingerprint density at radius 1 is 1.12 bits per heavy atom. The number of hydrogen-bond donors (Lipinski definition) is 3. The van der Waals surface area contributed by atoms with E-state index in [1.54, 1.807) is 12.1 Å². The zero-order chi connectivity index (χ0) is 18.4. The lowest BCUT2D eigenvalue weighted by Crippen LogP contribution is -2.39. The molecule has 0 bridgehead atoms. The van der Waals surface area contributed by atoms with E-state index in [4.69, 9.17) is 5.73 Å². The van der Waals surface area contributed by atoms with Gasteiger partial charge in [0, 0.05) is 18.2 Å². The molecule has 25 heavy (non-hydrogen) atoms. The van der Waals surface area contributed by atoms with Crippen LogP contribution in [0.5, 0.6) is 0 Å². The van der Waals surface area contributed by atoms with Gasteiger partial charge in [-0.15, -0.1) is 0 Å². The maximum atomic E-state index is 12.4. The molecule has 2 rings (SSSR count). The van der Waals surface area contributed by atoms with Crippen LogP contribution in [0.3, 0.4) is 0 Å². The highest BCUT2D eigenvalue weighted by molar-refractivity contribution is 5.94. The number of benzene rings is 1. The first-order chi connectivity index (χ1) is 11.8. The van der Waals surface area contributed by atoms with Gasteiger partial charge in [-0.25, -0.2) is 4.79 Å². The predicted molar refractivity (Wildman–Crippen MR) is 100 cm³/mol. The van der Waals surface area contributed by atoms with Crippen LogP contribution < -0.4 is 16.4 Å². The van der Waals surface area contributed by atoms with Crippen molar-refractivity contribution >= 4 is 11.9 Å². The first kappa shape index (κ1) is 19.3. The first-order valence-corrected chi connectivity index (χ1v) is 9.25. The molecule has 5 nitrogen and oxygen atoms in total. The van der Waals surface area contributed by atoms with Crippen LogP contribution in [0.1, 0.15) is 68.8 Å². The molecule has 1 saturated carbocycles. The summed E-state index contributed by atoms with van der Waals surface area (Å²) in [5.74, 6) is 0.732. The summed E-state index contributed by atoms with van der Waals surface area (Å²) in [6.45, 7) is 7.33. The van der Waals surface area contributed by atoms with Crippen LogP contribution in [-0.2, 0) is 6.54 Å². The molecule has 0 heterocycles. The molecule has 1 aromatic carbocycles. The normalized spacial score (nSPS) is 20.8. The fourth-order valence-electron chi connectivity index (χ4n) is 3.54. The highest BCUT2D eigenvalue weighted by Crippen LogP contribution is 2.40. The number of nitrogens with one attached hydrogen (secondary N) is 2. The summed E-state index contributed by atoms with van der Waals surface area (Å²) in [6.07, 6.45) is 5.68. The minimum absolute atomic E-state index is 0.0207. The van der Waals surface area contributed by atoms with Gasteiger partial charge in [-0.3, -0.25) is 4.79 Å². The number of carbonyl (C=O) groups is 2. The number of nitrogens with two attached hydrogens (primary N) is 1. The SMILES string of the molecule is CCC(C)(C)C1CCC(NC(=O)c2ccc(CNC(N)=O)cc2)CC1. The molecule has 1 aromatic rings. The van der Waals surface area contributed by atoms with Crippen molar-refractivity contribution in [1.82, 2.24) is 10.6 Å². The number of carbonyl (C=O) groups excluding carboxylic acids is 2. The Hall–Kier alpha value is -2.04. The Morgan fingerprint density at radius 3 is 2.24 bits per heavy atom. The number of urea groups is 1. The lowest BCUT2D eigenvalue weighted by Gasteiger charge is -2.39. The molecular weight excluding hydrogens is 314 g/mol. The van der Waals surface area contributed by atoms with E-state index in [2.05, 4.69) is 31.4 Å². The van der Waals surface area contributed by atoms with Gasteiger partial charge in [-0.1, -0.05) is 39.3 Å². The van der Waals surface area contributed by atoms with E-state index >= 15 is 0 Å². The highest BCUT2D eigenvalue weighted by atomic mass is 16.2. The monoisotopic (exact) mass is 345 g/mol. The molecule has 138 valence electrons. The topological polar surface area (TPSA) is 84.2 Å². The van der Waals surface area contributed by atoms with Crippen LogP contribution in [0.25, 0.3) is 0 Å². The van der Waals surface area contributed by atoms with Gasteiger partial charge < -0.3 is 16.4 Å².